The Hall–Kier alpha value is -2.38. The summed E-state index contributed by atoms with van der Waals surface area (Å²) in [6.45, 7) is 2.30. The minimum absolute atomic E-state index is 0.283. The summed E-state index contributed by atoms with van der Waals surface area (Å²) < 4.78 is 38.7. The molecule has 0 unspecified atom stereocenters. The fourth-order valence-electron chi connectivity index (χ4n) is 2.40. The number of halogens is 3. The van der Waals surface area contributed by atoms with E-state index in [0.717, 1.165) is 27.1 Å². The number of hydrogen-bond donors (Lipinski definition) is 1. The normalized spacial score (nSPS) is 12.2. The summed E-state index contributed by atoms with van der Waals surface area (Å²) >= 11 is 0. The molecule has 0 fully saturated rings. The van der Waals surface area contributed by atoms with Crippen molar-refractivity contribution < 1.29 is 13.2 Å². The van der Waals surface area contributed by atoms with E-state index in [2.05, 4.69) is 20.1 Å². The fraction of sp³-hybridized carbons (Fsp3) is 0.357. The highest BCUT2D eigenvalue weighted by Gasteiger charge is 2.30. The van der Waals surface area contributed by atoms with E-state index in [1.54, 1.807) is 6.92 Å². The maximum atomic E-state index is 12.6. The van der Waals surface area contributed by atoms with Crippen molar-refractivity contribution in [1.29, 1.82) is 0 Å². The van der Waals surface area contributed by atoms with Crippen LogP contribution in [-0.4, -0.2) is 30.9 Å². The quantitative estimate of drug-likeness (QED) is 0.809. The summed E-state index contributed by atoms with van der Waals surface area (Å²) in [5, 5.41) is 3.82. The Morgan fingerprint density at radius 1 is 1.18 bits per heavy atom. The second-order valence-electron chi connectivity index (χ2n) is 5.20. The second kappa shape index (κ2) is 5.11. The van der Waals surface area contributed by atoms with Gasteiger partial charge in [-0.2, -0.15) is 18.3 Å². The van der Waals surface area contributed by atoms with Crippen LogP contribution >= 0.6 is 0 Å². The molecular formula is C14H14F3N5. The number of imidazole rings is 1. The van der Waals surface area contributed by atoms with Gasteiger partial charge in [-0.05, 0) is 31.5 Å². The predicted octanol–water partition coefficient (Wildman–Crippen LogP) is 2.92. The van der Waals surface area contributed by atoms with E-state index in [4.69, 9.17) is 0 Å². The van der Waals surface area contributed by atoms with Gasteiger partial charge in [0.2, 0.25) is 0 Å². The summed E-state index contributed by atoms with van der Waals surface area (Å²) in [6.07, 6.45) is -4.04. The lowest BCUT2D eigenvalue weighted by molar-refractivity contribution is -0.143. The Bertz CT molecular complexity index is 816. The zero-order valence-corrected chi connectivity index (χ0v) is 12.1. The molecule has 0 radical (unpaired) electrons. The maximum Gasteiger partial charge on any atom is 0.408 e. The summed E-state index contributed by atoms with van der Waals surface area (Å²) in [5.41, 5.74) is 2.54. The number of aryl methyl sites for hydroxylation is 2. The molecule has 0 bridgehead atoms. The average molecular weight is 309 g/mol. The largest absolute Gasteiger partial charge is 0.408 e. The van der Waals surface area contributed by atoms with Gasteiger partial charge < -0.3 is 4.98 Å². The Labute approximate surface area is 124 Å². The van der Waals surface area contributed by atoms with E-state index in [0.29, 0.717) is 11.6 Å². The summed E-state index contributed by atoms with van der Waals surface area (Å²) in [7, 11) is 0. The minimum atomic E-state index is -4.32. The number of hydrogen-bond acceptors (Lipinski definition) is 3. The van der Waals surface area contributed by atoms with Crippen LogP contribution < -0.4 is 0 Å². The molecule has 1 aromatic carbocycles. The third kappa shape index (κ3) is 3.10. The van der Waals surface area contributed by atoms with Crippen molar-refractivity contribution in [3.63, 3.8) is 0 Å². The van der Waals surface area contributed by atoms with Crippen LogP contribution in [0.1, 0.15) is 23.0 Å². The van der Waals surface area contributed by atoms with Gasteiger partial charge >= 0.3 is 6.18 Å². The van der Waals surface area contributed by atoms with Gasteiger partial charge in [-0.3, -0.25) is 0 Å². The van der Waals surface area contributed by atoms with Crippen LogP contribution in [-0.2, 0) is 13.0 Å². The van der Waals surface area contributed by atoms with Crippen molar-refractivity contribution in [3.05, 3.63) is 41.2 Å². The molecule has 2 aromatic heterocycles. The highest BCUT2D eigenvalue weighted by molar-refractivity contribution is 5.75. The lowest BCUT2D eigenvalue weighted by Gasteiger charge is -2.09. The molecule has 22 heavy (non-hydrogen) atoms. The van der Waals surface area contributed by atoms with E-state index in [-0.39, 0.29) is 6.42 Å². The van der Waals surface area contributed by atoms with Crippen molar-refractivity contribution in [3.8, 4) is 0 Å². The van der Waals surface area contributed by atoms with E-state index in [9.17, 15) is 13.2 Å². The number of nitrogens with one attached hydrogen (secondary N) is 1. The van der Waals surface area contributed by atoms with E-state index < -0.39 is 12.7 Å². The van der Waals surface area contributed by atoms with E-state index >= 15 is 0 Å². The molecule has 0 saturated heterocycles. The maximum absolute atomic E-state index is 12.6. The molecule has 2 heterocycles. The van der Waals surface area contributed by atoms with Crippen LogP contribution in [0.5, 0.6) is 0 Å². The summed E-state index contributed by atoms with van der Waals surface area (Å²) in [5.74, 6) is 1.42. The molecule has 0 saturated carbocycles. The van der Waals surface area contributed by atoms with Crippen molar-refractivity contribution >= 4 is 11.0 Å². The van der Waals surface area contributed by atoms with Gasteiger partial charge in [0.1, 0.15) is 24.0 Å². The van der Waals surface area contributed by atoms with E-state index in [1.807, 2.05) is 25.1 Å². The zero-order valence-electron chi connectivity index (χ0n) is 12.1. The molecule has 0 aliphatic heterocycles. The van der Waals surface area contributed by atoms with Crippen molar-refractivity contribution in [1.82, 2.24) is 24.7 Å². The van der Waals surface area contributed by atoms with Gasteiger partial charge in [-0.15, -0.1) is 0 Å². The number of nitrogens with zero attached hydrogens (tertiary/aromatic N) is 4. The molecular weight excluding hydrogens is 295 g/mol. The molecule has 3 aromatic rings. The lowest BCUT2D eigenvalue weighted by Crippen LogP contribution is -2.20. The van der Waals surface area contributed by atoms with Gasteiger partial charge in [-0.25, -0.2) is 14.6 Å². The Balaban J connectivity index is 1.90. The molecule has 0 aliphatic carbocycles. The van der Waals surface area contributed by atoms with Crippen LogP contribution in [0.2, 0.25) is 0 Å². The topological polar surface area (TPSA) is 59.4 Å². The first kappa shape index (κ1) is 14.6. The first-order chi connectivity index (χ1) is 10.3. The number of aromatic amines is 1. The SMILES string of the molecule is Cc1nc(Cc2ccc3nc(C)[nH]c3c2)n(CC(F)(F)F)n1. The molecule has 8 heteroatoms. The monoisotopic (exact) mass is 309 g/mol. The average Bonchev–Trinajstić information content (AvgIpc) is 2.89. The molecule has 116 valence electrons. The predicted molar refractivity (Wildman–Crippen MR) is 74.5 cm³/mol. The van der Waals surface area contributed by atoms with Crippen LogP contribution in [0.15, 0.2) is 18.2 Å². The Morgan fingerprint density at radius 3 is 2.68 bits per heavy atom. The molecule has 0 aliphatic rings. The number of fused-ring (bicyclic) bond motifs is 1. The molecule has 0 amide bonds. The van der Waals surface area contributed by atoms with Crippen LogP contribution in [0.4, 0.5) is 13.2 Å². The van der Waals surface area contributed by atoms with Gasteiger partial charge in [0, 0.05) is 6.42 Å². The Morgan fingerprint density at radius 2 is 1.95 bits per heavy atom. The Kier molecular flexibility index (Phi) is 3.38. The highest BCUT2D eigenvalue weighted by Crippen LogP contribution is 2.20. The van der Waals surface area contributed by atoms with Crippen molar-refractivity contribution in [2.24, 2.45) is 0 Å². The van der Waals surface area contributed by atoms with Gasteiger partial charge in [0.05, 0.1) is 11.0 Å². The number of rotatable bonds is 3. The first-order valence-corrected chi connectivity index (χ1v) is 6.72. The molecule has 5 nitrogen and oxygen atoms in total. The van der Waals surface area contributed by atoms with Gasteiger partial charge in [-0.1, -0.05) is 6.07 Å². The summed E-state index contributed by atoms with van der Waals surface area (Å²) in [4.78, 5) is 11.5. The molecule has 0 spiro atoms. The molecule has 1 N–H and O–H groups in total. The smallest absolute Gasteiger partial charge is 0.342 e. The highest BCUT2D eigenvalue weighted by atomic mass is 19.4. The second-order valence-corrected chi connectivity index (χ2v) is 5.20. The van der Waals surface area contributed by atoms with E-state index in [1.165, 1.54) is 0 Å². The van der Waals surface area contributed by atoms with Crippen LogP contribution in [0.3, 0.4) is 0 Å². The standard InChI is InChI=1S/C14H14F3N5/c1-8-18-11-4-3-10(5-12(11)19-8)6-13-20-9(2)21-22(13)7-14(15,16)17/h3-5H,6-7H2,1-2H3,(H,18,19). The van der Waals surface area contributed by atoms with Crippen LogP contribution in [0.25, 0.3) is 11.0 Å². The van der Waals surface area contributed by atoms with Crippen molar-refractivity contribution in [2.45, 2.75) is 33.0 Å². The lowest BCUT2D eigenvalue weighted by atomic mass is 10.1. The van der Waals surface area contributed by atoms with Gasteiger partial charge in [0.25, 0.3) is 0 Å². The third-order valence-corrected chi connectivity index (χ3v) is 3.21. The molecule has 3 rings (SSSR count). The number of benzene rings is 1. The minimum Gasteiger partial charge on any atom is -0.342 e. The number of alkyl halides is 3. The van der Waals surface area contributed by atoms with Crippen LogP contribution in [0, 0.1) is 13.8 Å². The zero-order chi connectivity index (χ0) is 15.9. The number of H-pyrrole nitrogens is 1. The first-order valence-electron chi connectivity index (χ1n) is 6.72. The fourth-order valence-corrected chi connectivity index (χ4v) is 2.40. The third-order valence-electron chi connectivity index (χ3n) is 3.21. The van der Waals surface area contributed by atoms with Gasteiger partial charge in [0.15, 0.2) is 0 Å². The summed E-state index contributed by atoms with van der Waals surface area (Å²) in [6, 6.07) is 5.55. The van der Waals surface area contributed by atoms with Crippen molar-refractivity contribution in [2.75, 3.05) is 0 Å². The number of aromatic nitrogens is 5. The molecule has 0 atom stereocenters.